The molecule has 0 saturated carbocycles. The van der Waals surface area contributed by atoms with Crippen molar-refractivity contribution in [1.82, 2.24) is 4.90 Å². The molecule has 2 aromatic rings. The SMILES string of the molecule is CCSc1ccc(C(=O)N(C)CCc2ccccc2)c(Cl)c1Cl. The monoisotopic (exact) mass is 367 g/mol. The van der Waals surface area contributed by atoms with Crippen molar-refractivity contribution in [2.45, 2.75) is 18.2 Å². The second-order valence-corrected chi connectivity index (χ2v) is 7.20. The van der Waals surface area contributed by atoms with Gasteiger partial charge in [0.2, 0.25) is 0 Å². The van der Waals surface area contributed by atoms with Crippen LogP contribution in [0.4, 0.5) is 0 Å². The van der Waals surface area contributed by atoms with Crippen LogP contribution in [0.1, 0.15) is 22.8 Å². The first-order valence-corrected chi connectivity index (χ1v) is 9.19. The maximum absolute atomic E-state index is 12.6. The summed E-state index contributed by atoms with van der Waals surface area (Å²) in [6.07, 6.45) is 0.804. The lowest BCUT2D eigenvalue weighted by atomic mass is 10.1. The van der Waals surface area contributed by atoms with Gasteiger partial charge in [-0.15, -0.1) is 11.8 Å². The molecule has 0 saturated heterocycles. The molecule has 0 heterocycles. The molecule has 0 aliphatic carbocycles. The van der Waals surface area contributed by atoms with Crippen molar-refractivity contribution in [3.05, 3.63) is 63.6 Å². The minimum absolute atomic E-state index is 0.110. The van der Waals surface area contributed by atoms with Crippen molar-refractivity contribution in [1.29, 1.82) is 0 Å². The first-order valence-electron chi connectivity index (χ1n) is 7.44. The smallest absolute Gasteiger partial charge is 0.255 e. The van der Waals surface area contributed by atoms with Gasteiger partial charge < -0.3 is 4.90 Å². The van der Waals surface area contributed by atoms with Crippen LogP contribution in [0, 0.1) is 0 Å². The van der Waals surface area contributed by atoms with E-state index < -0.39 is 0 Å². The minimum atomic E-state index is -0.110. The summed E-state index contributed by atoms with van der Waals surface area (Å²) >= 11 is 14.2. The van der Waals surface area contributed by atoms with E-state index in [1.165, 1.54) is 5.56 Å². The minimum Gasteiger partial charge on any atom is -0.341 e. The van der Waals surface area contributed by atoms with Gasteiger partial charge in [-0.3, -0.25) is 4.79 Å². The Morgan fingerprint density at radius 3 is 2.43 bits per heavy atom. The standard InChI is InChI=1S/C18H19Cl2NOS/c1-3-23-15-10-9-14(16(19)17(15)20)18(22)21(2)12-11-13-7-5-4-6-8-13/h4-10H,3,11-12H2,1-2H3. The molecule has 5 heteroatoms. The molecule has 0 aliphatic heterocycles. The molecule has 0 spiro atoms. The second kappa shape index (κ2) is 8.62. The summed E-state index contributed by atoms with van der Waals surface area (Å²) < 4.78 is 0. The number of thioether (sulfide) groups is 1. The predicted octanol–water partition coefficient (Wildman–Crippen LogP) is 5.42. The molecule has 1 amide bonds. The van der Waals surface area contributed by atoms with Gasteiger partial charge in [-0.25, -0.2) is 0 Å². The van der Waals surface area contributed by atoms with Gasteiger partial charge in [0.15, 0.2) is 0 Å². The van der Waals surface area contributed by atoms with Crippen LogP contribution < -0.4 is 0 Å². The Balaban J connectivity index is 2.09. The Bertz CT molecular complexity index is 676. The van der Waals surface area contributed by atoms with E-state index in [1.807, 2.05) is 31.2 Å². The molecule has 0 unspecified atom stereocenters. The van der Waals surface area contributed by atoms with E-state index in [0.29, 0.717) is 22.2 Å². The Hall–Kier alpha value is -1.16. The Morgan fingerprint density at radius 1 is 1.09 bits per heavy atom. The van der Waals surface area contributed by atoms with Crippen LogP contribution >= 0.6 is 35.0 Å². The van der Waals surface area contributed by atoms with Crippen molar-refractivity contribution in [2.75, 3.05) is 19.3 Å². The molecule has 2 rings (SSSR count). The van der Waals surface area contributed by atoms with Crippen molar-refractivity contribution in [3.63, 3.8) is 0 Å². The number of benzene rings is 2. The van der Waals surface area contributed by atoms with E-state index in [1.54, 1.807) is 29.8 Å². The van der Waals surface area contributed by atoms with Crippen LogP contribution in [0.25, 0.3) is 0 Å². The van der Waals surface area contributed by atoms with Crippen molar-refractivity contribution < 1.29 is 4.79 Å². The largest absolute Gasteiger partial charge is 0.341 e. The third kappa shape index (κ3) is 4.66. The lowest BCUT2D eigenvalue weighted by Gasteiger charge is -2.19. The molecule has 2 aromatic carbocycles. The lowest BCUT2D eigenvalue weighted by Crippen LogP contribution is -2.29. The number of carbonyl (C=O) groups excluding carboxylic acids is 1. The second-order valence-electron chi connectivity index (χ2n) is 5.13. The van der Waals surface area contributed by atoms with Crippen LogP contribution in [0.15, 0.2) is 47.4 Å². The molecule has 0 fully saturated rings. The van der Waals surface area contributed by atoms with Gasteiger partial charge in [0.25, 0.3) is 5.91 Å². The predicted molar refractivity (Wildman–Crippen MR) is 100.0 cm³/mol. The van der Waals surface area contributed by atoms with Crippen LogP contribution in [-0.4, -0.2) is 30.2 Å². The maximum atomic E-state index is 12.6. The van der Waals surface area contributed by atoms with E-state index in [9.17, 15) is 4.79 Å². The summed E-state index contributed by atoms with van der Waals surface area (Å²) in [5.41, 5.74) is 1.65. The van der Waals surface area contributed by atoms with Gasteiger partial charge >= 0.3 is 0 Å². The molecule has 0 aliphatic rings. The highest BCUT2D eigenvalue weighted by molar-refractivity contribution is 7.99. The molecular formula is C18H19Cl2NOS. The number of carbonyl (C=O) groups is 1. The third-order valence-corrected chi connectivity index (χ3v) is 5.44. The van der Waals surface area contributed by atoms with Crippen molar-refractivity contribution >= 4 is 40.9 Å². The average Bonchev–Trinajstić information content (AvgIpc) is 2.57. The molecule has 0 atom stereocenters. The summed E-state index contributed by atoms with van der Waals surface area (Å²) in [6, 6.07) is 13.7. The van der Waals surface area contributed by atoms with Gasteiger partial charge in [0.1, 0.15) is 0 Å². The number of hydrogen-bond donors (Lipinski definition) is 0. The van der Waals surface area contributed by atoms with Crippen LogP contribution in [0.5, 0.6) is 0 Å². The summed E-state index contributed by atoms with van der Waals surface area (Å²) in [5.74, 6) is 0.793. The molecule has 0 aromatic heterocycles. The number of amides is 1. The molecule has 2 nitrogen and oxygen atoms in total. The van der Waals surface area contributed by atoms with Crippen molar-refractivity contribution in [2.24, 2.45) is 0 Å². The van der Waals surface area contributed by atoms with Crippen molar-refractivity contribution in [3.8, 4) is 0 Å². The van der Waals surface area contributed by atoms with Gasteiger partial charge in [0.05, 0.1) is 15.6 Å². The van der Waals surface area contributed by atoms with Gasteiger partial charge in [-0.05, 0) is 29.9 Å². The van der Waals surface area contributed by atoms with Gasteiger partial charge in [0, 0.05) is 18.5 Å². The number of rotatable bonds is 6. The molecular weight excluding hydrogens is 349 g/mol. The quantitative estimate of drug-likeness (QED) is 0.635. The van der Waals surface area contributed by atoms with Gasteiger partial charge in [-0.1, -0.05) is 60.5 Å². The fourth-order valence-corrected chi connectivity index (χ4v) is 3.55. The fraction of sp³-hybridized carbons (Fsp3) is 0.278. The first kappa shape index (κ1) is 18.2. The highest BCUT2D eigenvalue weighted by Gasteiger charge is 2.18. The zero-order valence-corrected chi connectivity index (χ0v) is 15.5. The maximum Gasteiger partial charge on any atom is 0.255 e. The topological polar surface area (TPSA) is 20.3 Å². The van der Waals surface area contributed by atoms with E-state index in [0.717, 1.165) is 17.1 Å². The molecule has 0 radical (unpaired) electrons. The molecule has 122 valence electrons. The summed E-state index contributed by atoms with van der Waals surface area (Å²) in [4.78, 5) is 15.2. The number of hydrogen-bond acceptors (Lipinski definition) is 2. The summed E-state index contributed by atoms with van der Waals surface area (Å²) in [6.45, 7) is 2.67. The highest BCUT2D eigenvalue weighted by atomic mass is 35.5. The van der Waals surface area contributed by atoms with E-state index in [4.69, 9.17) is 23.2 Å². The lowest BCUT2D eigenvalue weighted by molar-refractivity contribution is 0.0796. The average molecular weight is 368 g/mol. The fourth-order valence-electron chi connectivity index (χ4n) is 2.21. The normalized spacial score (nSPS) is 10.6. The number of halogens is 2. The summed E-state index contributed by atoms with van der Waals surface area (Å²) in [7, 11) is 1.78. The zero-order chi connectivity index (χ0) is 16.8. The molecule has 23 heavy (non-hydrogen) atoms. The number of likely N-dealkylation sites (N-methyl/N-ethyl adjacent to an activating group) is 1. The highest BCUT2D eigenvalue weighted by Crippen LogP contribution is 2.35. The Kier molecular flexibility index (Phi) is 6.82. The van der Waals surface area contributed by atoms with Gasteiger partial charge in [-0.2, -0.15) is 0 Å². The van der Waals surface area contributed by atoms with E-state index in [2.05, 4.69) is 12.1 Å². The summed E-state index contributed by atoms with van der Waals surface area (Å²) in [5, 5.41) is 0.794. The van der Waals surface area contributed by atoms with E-state index in [-0.39, 0.29) is 5.91 Å². The molecule has 0 bridgehead atoms. The Morgan fingerprint density at radius 2 is 1.78 bits per heavy atom. The Labute approximate surface area is 151 Å². The van der Waals surface area contributed by atoms with Crippen LogP contribution in [0.2, 0.25) is 10.0 Å². The van der Waals surface area contributed by atoms with E-state index >= 15 is 0 Å². The first-order chi connectivity index (χ1) is 11.0. The number of nitrogens with zero attached hydrogens (tertiary/aromatic N) is 1. The molecule has 0 N–H and O–H groups in total. The third-order valence-electron chi connectivity index (χ3n) is 3.50. The van der Waals surface area contributed by atoms with Crippen LogP contribution in [0.3, 0.4) is 0 Å². The van der Waals surface area contributed by atoms with Crippen LogP contribution in [-0.2, 0) is 6.42 Å². The zero-order valence-electron chi connectivity index (χ0n) is 13.2.